The van der Waals surface area contributed by atoms with Crippen LogP contribution >= 0.6 is 15.9 Å². The Bertz CT molecular complexity index is 533. The summed E-state index contributed by atoms with van der Waals surface area (Å²) in [5.74, 6) is 0.581. The van der Waals surface area contributed by atoms with Crippen molar-refractivity contribution in [3.8, 4) is 5.75 Å². The van der Waals surface area contributed by atoms with Crippen molar-refractivity contribution in [2.45, 2.75) is 32.9 Å². The summed E-state index contributed by atoms with van der Waals surface area (Å²) >= 11 is 3.46. The number of aryl methyl sites for hydroxylation is 1. The Morgan fingerprint density at radius 3 is 2.74 bits per heavy atom. The lowest BCUT2D eigenvalue weighted by molar-refractivity contribution is -0.127. The Kier molecular flexibility index (Phi) is 6.87. The summed E-state index contributed by atoms with van der Waals surface area (Å²) in [5.41, 5.74) is 1.14. The van der Waals surface area contributed by atoms with Gasteiger partial charge < -0.3 is 14.8 Å². The van der Waals surface area contributed by atoms with Crippen LogP contribution in [0.4, 0.5) is 0 Å². The molecule has 0 aromatic heterocycles. The molecule has 2 rings (SSSR count). The Morgan fingerprint density at radius 1 is 1.39 bits per heavy atom. The highest BCUT2D eigenvalue weighted by atomic mass is 79.9. The zero-order valence-corrected chi connectivity index (χ0v) is 15.6. The van der Waals surface area contributed by atoms with Crippen molar-refractivity contribution in [3.63, 3.8) is 0 Å². The zero-order chi connectivity index (χ0) is 16.8. The zero-order valence-electron chi connectivity index (χ0n) is 14.0. The molecule has 0 aliphatic carbocycles. The number of nitrogens with zero attached hydrogens (tertiary/aromatic N) is 1. The molecule has 1 amide bonds. The summed E-state index contributed by atoms with van der Waals surface area (Å²) < 4.78 is 12.0. The van der Waals surface area contributed by atoms with Gasteiger partial charge in [0, 0.05) is 25.7 Å². The number of halogens is 1. The molecule has 2 unspecified atom stereocenters. The number of carbonyl (C=O) groups is 1. The quantitative estimate of drug-likeness (QED) is 0.817. The number of benzene rings is 1. The SMILES string of the molecule is Cc1ccc(OC(C)C(=O)NCC(C)N2CCOCC2)c(Br)c1. The molecule has 1 N–H and O–H groups in total. The number of morpholine rings is 1. The summed E-state index contributed by atoms with van der Waals surface area (Å²) in [5, 5.41) is 2.97. The average Bonchev–Trinajstić information content (AvgIpc) is 2.55. The van der Waals surface area contributed by atoms with Crippen LogP contribution in [-0.2, 0) is 9.53 Å². The summed E-state index contributed by atoms with van der Waals surface area (Å²) in [6.07, 6.45) is -0.536. The fourth-order valence-corrected chi connectivity index (χ4v) is 3.07. The molecule has 2 atom stereocenters. The first-order valence-corrected chi connectivity index (χ1v) is 8.79. The monoisotopic (exact) mass is 384 g/mol. The van der Waals surface area contributed by atoms with E-state index in [1.54, 1.807) is 6.92 Å². The van der Waals surface area contributed by atoms with E-state index in [-0.39, 0.29) is 5.91 Å². The van der Waals surface area contributed by atoms with Crippen LogP contribution in [0.25, 0.3) is 0 Å². The molecular formula is C17H25BrN2O3. The third-order valence-corrected chi connectivity index (χ3v) is 4.62. The molecule has 23 heavy (non-hydrogen) atoms. The number of amides is 1. The Labute approximate surface area is 146 Å². The van der Waals surface area contributed by atoms with E-state index < -0.39 is 6.10 Å². The second-order valence-corrected chi connectivity index (χ2v) is 6.79. The fourth-order valence-electron chi connectivity index (χ4n) is 2.48. The molecule has 1 saturated heterocycles. The average molecular weight is 385 g/mol. The first kappa shape index (κ1) is 18.2. The highest BCUT2D eigenvalue weighted by molar-refractivity contribution is 9.10. The molecule has 0 radical (unpaired) electrons. The summed E-state index contributed by atoms with van der Waals surface area (Å²) in [4.78, 5) is 14.5. The van der Waals surface area contributed by atoms with Gasteiger partial charge in [-0.3, -0.25) is 9.69 Å². The van der Waals surface area contributed by atoms with Gasteiger partial charge in [-0.05, 0) is 54.4 Å². The standard InChI is InChI=1S/C17H25BrN2O3/c1-12-4-5-16(15(18)10-12)23-14(3)17(21)19-11-13(2)20-6-8-22-9-7-20/h4-5,10,13-14H,6-9,11H2,1-3H3,(H,19,21). The second-order valence-electron chi connectivity index (χ2n) is 5.94. The Balaban J connectivity index is 1.80. The predicted molar refractivity (Wildman–Crippen MR) is 93.8 cm³/mol. The maximum atomic E-state index is 12.2. The third-order valence-electron chi connectivity index (χ3n) is 4.00. The van der Waals surface area contributed by atoms with Crippen molar-refractivity contribution in [2.75, 3.05) is 32.8 Å². The number of nitrogens with one attached hydrogen (secondary N) is 1. The largest absolute Gasteiger partial charge is 0.480 e. The van der Waals surface area contributed by atoms with Crippen LogP contribution in [0.2, 0.25) is 0 Å². The number of hydrogen-bond acceptors (Lipinski definition) is 4. The van der Waals surface area contributed by atoms with Crippen molar-refractivity contribution < 1.29 is 14.3 Å². The molecule has 0 bridgehead atoms. The normalized spacial score (nSPS) is 18.3. The van der Waals surface area contributed by atoms with Crippen LogP contribution in [0.1, 0.15) is 19.4 Å². The summed E-state index contributed by atoms with van der Waals surface area (Å²) in [7, 11) is 0. The maximum Gasteiger partial charge on any atom is 0.260 e. The summed E-state index contributed by atoms with van der Waals surface area (Å²) in [6.45, 7) is 9.87. The van der Waals surface area contributed by atoms with Crippen molar-refractivity contribution in [3.05, 3.63) is 28.2 Å². The van der Waals surface area contributed by atoms with Crippen LogP contribution in [-0.4, -0.2) is 55.8 Å². The van der Waals surface area contributed by atoms with E-state index in [0.29, 0.717) is 18.3 Å². The third kappa shape index (κ3) is 5.48. The highest BCUT2D eigenvalue weighted by Crippen LogP contribution is 2.26. The van der Waals surface area contributed by atoms with Gasteiger partial charge in [-0.1, -0.05) is 6.07 Å². The van der Waals surface area contributed by atoms with Crippen LogP contribution in [0.15, 0.2) is 22.7 Å². The lowest BCUT2D eigenvalue weighted by Crippen LogP contribution is -2.48. The van der Waals surface area contributed by atoms with Gasteiger partial charge in [-0.25, -0.2) is 0 Å². The first-order valence-electron chi connectivity index (χ1n) is 7.99. The van der Waals surface area contributed by atoms with Crippen molar-refractivity contribution >= 4 is 21.8 Å². The van der Waals surface area contributed by atoms with Gasteiger partial charge in [0.25, 0.3) is 5.91 Å². The van der Waals surface area contributed by atoms with Gasteiger partial charge in [-0.2, -0.15) is 0 Å². The van der Waals surface area contributed by atoms with Crippen LogP contribution in [0, 0.1) is 6.92 Å². The van der Waals surface area contributed by atoms with E-state index in [4.69, 9.17) is 9.47 Å². The van der Waals surface area contributed by atoms with Gasteiger partial charge in [0.05, 0.1) is 17.7 Å². The van der Waals surface area contributed by atoms with E-state index in [0.717, 1.165) is 36.3 Å². The van der Waals surface area contributed by atoms with E-state index >= 15 is 0 Å². The topological polar surface area (TPSA) is 50.8 Å². The van der Waals surface area contributed by atoms with E-state index in [1.165, 1.54) is 0 Å². The van der Waals surface area contributed by atoms with Gasteiger partial charge in [-0.15, -0.1) is 0 Å². The fraction of sp³-hybridized carbons (Fsp3) is 0.588. The molecule has 0 spiro atoms. The maximum absolute atomic E-state index is 12.2. The highest BCUT2D eigenvalue weighted by Gasteiger charge is 2.20. The Hall–Kier alpha value is -1.11. The first-order chi connectivity index (χ1) is 11.0. The minimum Gasteiger partial charge on any atom is -0.480 e. The molecule has 1 aliphatic heterocycles. The molecule has 1 heterocycles. The van der Waals surface area contributed by atoms with Crippen molar-refractivity contribution in [1.29, 1.82) is 0 Å². The smallest absolute Gasteiger partial charge is 0.260 e. The van der Waals surface area contributed by atoms with Gasteiger partial charge in [0.2, 0.25) is 0 Å². The molecule has 1 fully saturated rings. The van der Waals surface area contributed by atoms with Crippen LogP contribution in [0.5, 0.6) is 5.75 Å². The number of hydrogen-bond donors (Lipinski definition) is 1. The minimum atomic E-state index is -0.536. The lowest BCUT2D eigenvalue weighted by Gasteiger charge is -2.32. The van der Waals surface area contributed by atoms with Gasteiger partial charge in [0.1, 0.15) is 5.75 Å². The van der Waals surface area contributed by atoms with Crippen LogP contribution < -0.4 is 10.1 Å². The summed E-state index contributed by atoms with van der Waals surface area (Å²) in [6, 6.07) is 6.10. The molecule has 1 aromatic carbocycles. The second kappa shape index (κ2) is 8.66. The van der Waals surface area contributed by atoms with Crippen LogP contribution in [0.3, 0.4) is 0 Å². The number of ether oxygens (including phenoxy) is 2. The molecule has 0 saturated carbocycles. The number of carbonyl (C=O) groups excluding carboxylic acids is 1. The van der Waals surface area contributed by atoms with Crippen molar-refractivity contribution in [1.82, 2.24) is 10.2 Å². The molecule has 6 heteroatoms. The van der Waals surface area contributed by atoms with E-state index in [1.807, 2.05) is 25.1 Å². The molecular weight excluding hydrogens is 360 g/mol. The van der Waals surface area contributed by atoms with Crippen molar-refractivity contribution in [2.24, 2.45) is 0 Å². The minimum absolute atomic E-state index is 0.0995. The van der Waals surface area contributed by atoms with E-state index in [2.05, 4.69) is 33.1 Å². The van der Waals surface area contributed by atoms with Gasteiger partial charge in [0.15, 0.2) is 6.10 Å². The molecule has 128 valence electrons. The van der Waals surface area contributed by atoms with E-state index in [9.17, 15) is 4.79 Å². The lowest BCUT2D eigenvalue weighted by atomic mass is 10.2. The Morgan fingerprint density at radius 2 is 2.09 bits per heavy atom. The molecule has 5 nitrogen and oxygen atoms in total. The molecule has 1 aromatic rings. The molecule has 1 aliphatic rings. The predicted octanol–water partition coefficient (Wildman–Crippen LogP) is 2.36. The van der Waals surface area contributed by atoms with Gasteiger partial charge >= 0.3 is 0 Å². The number of rotatable bonds is 6.